The molecule has 1 fully saturated rings. The number of nitro groups is 1. The van der Waals surface area contributed by atoms with E-state index in [1.807, 2.05) is 44.2 Å². The molecule has 1 aliphatic heterocycles. The number of benzene rings is 2. The molecule has 0 radical (unpaired) electrons. The number of hydrogen-bond donors (Lipinski definition) is 4. The van der Waals surface area contributed by atoms with Crippen LogP contribution in [0, 0.1) is 16.0 Å². The summed E-state index contributed by atoms with van der Waals surface area (Å²) in [6.07, 6.45) is 1.29. The minimum Gasteiger partial charge on any atom is -0.426 e. The zero-order chi connectivity index (χ0) is 26.0. The summed E-state index contributed by atoms with van der Waals surface area (Å²) in [6, 6.07) is 13.6. The lowest BCUT2D eigenvalue weighted by Gasteiger charge is -2.31. The minimum absolute atomic E-state index is 0.0306. The lowest BCUT2D eigenvalue weighted by Crippen LogP contribution is -2.58. The first-order chi connectivity index (χ1) is 17.1. The summed E-state index contributed by atoms with van der Waals surface area (Å²) in [5.41, 5.74) is 1.31. The van der Waals surface area contributed by atoms with Gasteiger partial charge in [0, 0.05) is 31.1 Å². The molecular weight excluding hydrogens is 463 g/mol. The predicted octanol–water partition coefficient (Wildman–Crippen LogP) is 2.13. The Bertz CT molecular complexity index is 1140. The third kappa shape index (κ3) is 5.37. The van der Waals surface area contributed by atoms with Crippen molar-refractivity contribution in [2.75, 3.05) is 6.54 Å². The van der Waals surface area contributed by atoms with E-state index < -0.39 is 35.5 Å². The molecule has 3 amide bonds. The highest BCUT2D eigenvalue weighted by molar-refractivity contribution is 6.43. The second-order valence-electron chi connectivity index (χ2n) is 10.1. The fourth-order valence-electron chi connectivity index (χ4n) is 4.96. The van der Waals surface area contributed by atoms with Gasteiger partial charge in [0.25, 0.3) is 5.69 Å². The van der Waals surface area contributed by atoms with Crippen LogP contribution in [-0.4, -0.2) is 57.0 Å². The first kappa shape index (κ1) is 25.7. The SMILES string of the molecule is CC(C)C[C@H](NC(=O)C1(NC(=O)N2CCc3ccc([N+](=O)[O-])cc3C2)CC1c1ccccc1)B(O)O. The second-order valence-corrected chi connectivity index (χ2v) is 10.1. The standard InChI is InChI=1S/C25H31BN4O6/c1-16(2)12-22(26(33)34)27-23(31)25(14-21(25)18-6-4-3-5-7-18)28-24(32)29-11-10-17-8-9-20(30(35)36)13-19(17)15-29/h3-9,13,16,21-22,33-34H,10-12,14-15H2,1-2H3,(H,27,31)(H,28,32)/t21?,22-,25?/m0/s1. The molecule has 4 rings (SSSR count). The van der Waals surface area contributed by atoms with E-state index in [4.69, 9.17) is 0 Å². The largest absolute Gasteiger partial charge is 0.475 e. The topological polar surface area (TPSA) is 145 Å². The summed E-state index contributed by atoms with van der Waals surface area (Å²) in [7, 11) is -1.73. The highest BCUT2D eigenvalue weighted by atomic mass is 16.6. The second kappa shape index (κ2) is 10.3. The van der Waals surface area contributed by atoms with Crippen molar-refractivity contribution in [3.8, 4) is 0 Å². The van der Waals surface area contributed by atoms with E-state index in [0.29, 0.717) is 31.4 Å². The Morgan fingerprint density at radius 3 is 2.56 bits per heavy atom. The molecule has 190 valence electrons. The lowest BCUT2D eigenvalue weighted by molar-refractivity contribution is -0.385. The smallest absolute Gasteiger partial charge is 0.426 e. The molecule has 4 N–H and O–H groups in total. The predicted molar refractivity (Wildman–Crippen MR) is 134 cm³/mol. The number of carbonyl (C=O) groups is 2. The molecule has 0 bridgehead atoms. The lowest BCUT2D eigenvalue weighted by atomic mass is 9.75. The summed E-state index contributed by atoms with van der Waals surface area (Å²) >= 11 is 0. The summed E-state index contributed by atoms with van der Waals surface area (Å²) in [5.74, 6) is -1.48. The van der Waals surface area contributed by atoms with Gasteiger partial charge in [0.2, 0.25) is 5.91 Å². The van der Waals surface area contributed by atoms with Crippen molar-refractivity contribution in [1.29, 1.82) is 0 Å². The summed E-state index contributed by atoms with van der Waals surface area (Å²) in [6.45, 7) is 4.45. The van der Waals surface area contributed by atoms with Crippen molar-refractivity contribution >= 4 is 24.7 Å². The average Bonchev–Trinajstić information content (AvgIpc) is 3.58. The quantitative estimate of drug-likeness (QED) is 0.251. The number of hydrogen-bond acceptors (Lipinski definition) is 6. The molecule has 10 nitrogen and oxygen atoms in total. The average molecular weight is 494 g/mol. The van der Waals surface area contributed by atoms with Gasteiger partial charge in [-0.15, -0.1) is 0 Å². The first-order valence-electron chi connectivity index (χ1n) is 12.2. The van der Waals surface area contributed by atoms with Crippen LogP contribution >= 0.6 is 0 Å². The molecular formula is C25H31BN4O6. The highest BCUT2D eigenvalue weighted by Gasteiger charge is 2.62. The summed E-state index contributed by atoms with van der Waals surface area (Å²) < 4.78 is 0. The van der Waals surface area contributed by atoms with Crippen molar-refractivity contribution in [1.82, 2.24) is 15.5 Å². The normalized spacial score (nSPS) is 21.4. The third-order valence-electron chi connectivity index (χ3n) is 7.00. The summed E-state index contributed by atoms with van der Waals surface area (Å²) in [4.78, 5) is 39.1. The number of nitrogens with zero attached hydrogens (tertiary/aromatic N) is 2. The first-order valence-corrected chi connectivity index (χ1v) is 12.2. The van der Waals surface area contributed by atoms with Crippen LogP contribution in [0.4, 0.5) is 10.5 Å². The molecule has 2 aromatic carbocycles. The molecule has 3 atom stereocenters. The molecule has 11 heteroatoms. The van der Waals surface area contributed by atoms with Crippen LogP contribution in [-0.2, 0) is 17.8 Å². The van der Waals surface area contributed by atoms with Gasteiger partial charge in [-0.1, -0.05) is 50.2 Å². The van der Waals surface area contributed by atoms with Gasteiger partial charge in [-0.25, -0.2) is 4.79 Å². The van der Waals surface area contributed by atoms with E-state index in [2.05, 4.69) is 10.6 Å². The van der Waals surface area contributed by atoms with Gasteiger partial charge in [0.05, 0.1) is 10.9 Å². The van der Waals surface area contributed by atoms with E-state index in [9.17, 15) is 29.8 Å². The maximum atomic E-state index is 13.5. The highest BCUT2D eigenvalue weighted by Crippen LogP contribution is 2.52. The molecule has 36 heavy (non-hydrogen) atoms. The number of carbonyl (C=O) groups excluding carboxylic acids is 2. The van der Waals surface area contributed by atoms with Gasteiger partial charge < -0.3 is 25.6 Å². The Morgan fingerprint density at radius 1 is 1.19 bits per heavy atom. The van der Waals surface area contributed by atoms with Crippen molar-refractivity contribution in [3.05, 3.63) is 75.3 Å². The van der Waals surface area contributed by atoms with Crippen LogP contribution in [0.5, 0.6) is 0 Å². The molecule has 2 unspecified atom stereocenters. The number of urea groups is 1. The van der Waals surface area contributed by atoms with Crippen molar-refractivity contribution in [2.24, 2.45) is 5.92 Å². The van der Waals surface area contributed by atoms with E-state index in [1.165, 1.54) is 12.1 Å². The minimum atomic E-state index is -1.73. The Labute approximate surface area is 210 Å². The fraction of sp³-hybridized carbons (Fsp3) is 0.440. The monoisotopic (exact) mass is 494 g/mol. The Balaban J connectivity index is 1.54. The van der Waals surface area contributed by atoms with Crippen LogP contribution in [0.3, 0.4) is 0 Å². The van der Waals surface area contributed by atoms with Crippen LogP contribution in [0.15, 0.2) is 48.5 Å². The maximum absolute atomic E-state index is 13.5. The Kier molecular flexibility index (Phi) is 7.32. The molecule has 2 aliphatic rings. The number of rotatable bonds is 8. The van der Waals surface area contributed by atoms with Gasteiger partial charge in [0.1, 0.15) is 5.54 Å². The molecule has 0 aromatic heterocycles. The zero-order valence-electron chi connectivity index (χ0n) is 20.4. The number of nitro benzene ring substituents is 1. The number of nitrogens with one attached hydrogen (secondary N) is 2. The maximum Gasteiger partial charge on any atom is 0.475 e. The van der Waals surface area contributed by atoms with Crippen molar-refractivity contribution in [3.63, 3.8) is 0 Å². The molecule has 1 saturated carbocycles. The Hall–Kier alpha value is -3.44. The van der Waals surface area contributed by atoms with Crippen LogP contribution < -0.4 is 10.6 Å². The number of non-ortho nitro benzene ring substituents is 1. The van der Waals surface area contributed by atoms with Crippen LogP contribution in [0.25, 0.3) is 0 Å². The molecule has 1 heterocycles. The zero-order valence-corrected chi connectivity index (χ0v) is 20.4. The van der Waals surface area contributed by atoms with E-state index in [1.54, 1.807) is 11.0 Å². The number of amides is 3. The van der Waals surface area contributed by atoms with Gasteiger partial charge in [-0.3, -0.25) is 14.9 Å². The van der Waals surface area contributed by atoms with E-state index in [-0.39, 0.29) is 24.1 Å². The molecule has 1 aliphatic carbocycles. The van der Waals surface area contributed by atoms with Crippen molar-refractivity contribution in [2.45, 2.75) is 57.1 Å². The third-order valence-corrected chi connectivity index (χ3v) is 7.00. The van der Waals surface area contributed by atoms with Gasteiger partial charge >= 0.3 is 13.1 Å². The Morgan fingerprint density at radius 2 is 1.92 bits per heavy atom. The van der Waals surface area contributed by atoms with E-state index >= 15 is 0 Å². The van der Waals surface area contributed by atoms with Crippen LogP contribution in [0.2, 0.25) is 0 Å². The van der Waals surface area contributed by atoms with Gasteiger partial charge in [-0.2, -0.15) is 0 Å². The molecule has 0 spiro atoms. The van der Waals surface area contributed by atoms with Crippen molar-refractivity contribution < 1.29 is 24.6 Å². The fourth-order valence-corrected chi connectivity index (χ4v) is 4.96. The van der Waals surface area contributed by atoms with Crippen LogP contribution in [0.1, 0.15) is 49.3 Å². The summed E-state index contributed by atoms with van der Waals surface area (Å²) in [5, 5.41) is 36.5. The number of fused-ring (bicyclic) bond motifs is 1. The molecule has 0 saturated heterocycles. The molecule has 2 aromatic rings. The van der Waals surface area contributed by atoms with Gasteiger partial charge in [-0.05, 0) is 41.9 Å². The van der Waals surface area contributed by atoms with Gasteiger partial charge in [0.15, 0.2) is 0 Å². The van der Waals surface area contributed by atoms with E-state index in [0.717, 1.165) is 11.1 Å².